The highest BCUT2D eigenvalue weighted by atomic mass is 35.5. The minimum Gasteiger partial charge on any atom is -0.545 e. The molecule has 96 valence electrons. The van der Waals surface area contributed by atoms with Gasteiger partial charge in [-0.1, -0.05) is 26.3 Å². The zero-order valence-corrected chi connectivity index (χ0v) is 10.7. The van der Waals surface area contributed by atoms with Crippen LogP contribution < -0.4 is 10.2 Å². The number of carbonyl (C=O) groups excluding carboxylic acids is 2. The summed E-state index contributed by atoms with van der Waals surface area (Å²) in [4.78, 5) is 20.8. The molecular formula is C10H19ClO5. The normalized spacial score (nSPS) is 10.2. The number of carbonyl (C=O) groups is 2. The van der Waals surface area contributed by atoms with E-state index in [4.69, 9.17) is 5.11 Å². The lowest BCUT2D eigenvalue weighted by molar-refractivity contribution is -0.304. The van der Waals surface area contributed by atoms with Crippen molar-refractivity contribution in [2.75, 3.05) is 6.61 Å². The molecule has 0 rings (SSSR count). The van der Waals surface area contributed by atoms with Gasteiger partial charge in [0.1, 0.15) is 0 Å². The van der Waals surface area contributed by atoms with Crippen LogP contribution in [0.4, 0.5) is 0 Å². The largest absolute Gasteiger partial charge is 0.545 e. The Hall–Kier alpha value is -1.07. The zero-order chi connectivity index (χ0) is 12.4. The molecule has 0 aliphatic rings. The van der Waals surface area contributed by atoms with Gasteiger partial charge in [0.05, 0.1) is 11.9 Å². The molecule has 0 spiro atoms. The third-order valence-electron chi connectivity index (χ3n) is 1.56. The topological polar surface area (TPSA) is 100 Å². The monoisotopic (exact) mass is 254 g/mol. The Labute approximate surface area is 101 Å². The lowest BCUT2D eigenvalue weighted by Gasteiger charge is -2.13. The number of carboxylic acids is 2. The van der Waals surface area contributed by atoms with Crippen LogP contribution >= 0.6 is 0 Å². The summed E-state index contributed by atoms with van der Waals surface area (Å²) < 4.78 is 0. The Kier molecular flexibility index (Phi) is 15.3. The van der Waals surface area contributed by atoms with Crippen LogP contribution in [-0.2, 0) is 9.59 Å². The molecule has 0 saturated heterocycles. The molecule has 16 heavy (non-hydrogen) atoms. The van der Waals surface area contributed by atoms with Gasteiger partial charge in [-0.05, 0) is 30.9 Å². The molecule has 0 unspecified atom stereocenters. The van der Waals surface area contributed by atoms with E-state index in [1.807, 2.05) is 0 Å². The van der Waals surface area contributed by atoms with Crippen LogP contribution in [0.3, 0.4) is 0 Å². The third-order valence-corrected chi connectivity index (χ3v) is 1.56. The van der Waals surface area contributed by atoms with Crippen LogP contribution in [0.5, 0.6) is 0 Å². The van der Waals surface area contributed by atoms with Crippen molar-refractivity contribution in [2.24, 2.45) is 0 Å². The molecule has 0 aromatic carbocycles. The van der Waals surface area contributed by atoms with E-state index in [0.29, 0.717) is 0 Å². The first-order chi connectivity index (χ1) is 6.95. The van der Waals surface area contributed by atoms with E-state index in [9.17, 15) is 19.8 Å². The van der Waals surface area contributed by atoms with Gasteiger partial charge < -0.3 is 24.9 Å². The van der Waals surface area contributed by atoms with Gasteiger partial charge in [0.15, 0.2) is 0 Å². The molecule has 0 saturated carbocycles. The summed E-state index contributed by atoms with van der Waals surface area (Å²) in [6, 6.07) is 0. The first kappa shape index (κ1) is 20.4. The summed E-state index contributed by atoms with van der Waals surface area (Å²) in [5, 5.41) is 28.3. The van der Waals surface area contributed by atoms with Gasteiger partial charge in [0.2, 0.25) is 0 Å². The SMILES string of the molecule is CCC(C(=O)[O-])=C(CC)C(=O)[O-].CCO.[ClH3+2]. The van der Waals surface area contributed by atoms with Crippen LogP contribution in [0.1, 0.15) is 33.6 Å². The number of carboxylic acid groups (broad SMARTS) is 2. The molecule has 0 amide bonds. The number of hydrogen-bond donors (Lipinski definition) is 1. The highest BCUT2D eigenvalue weighted by Gasteiger charge is 2.04. The molecule has 0 aliphatic heterocycles. The van der Waals surface area contributed by atoms with Crippen LogP contribution in [0.25, 0.3) is 0 Å². The molecule has 5 nitrogen and oxygen atoms in total. The van der Waals surface area contributed by atoms with Crippen LogP contribution in [-0.4, -0.2) is 23.7 Å². The van der Waals surface area contributed by atoms with Crippen molar-refractivity contribution in [1.82, 2.24) is 0 Å². The molecule has 6 heteroatoms. The molecule has 1 N–H and O–H groups in total. The number of hydrogen-bond acceptors (Lipinski definition) is 5. The summed E-state index contributed by atoms with van der Waals surface area (Å²) in [7, 11) is 0. The first-order valence-electron chi connectivity index (χ1n) is 4.71. The predicted molar refractivity (Wildman–Crippen MR) is 54.6 cm³/mol. The highest BCUT2D eigenvalue weighted by molar-refractivity contribution is 5.96. The zero-order valence-electron chi connectivity index (χ0n) is 9.70. The lowest BCUT2D eigenvalue weighted by atomic mass is 10.0. The smallest absolute Gasteiger partial charge is 0.0678 e. The van der Waals surface area contributed by atoms with Crippen molar-refractivity contribution < 1.29 is 37.3 Å². The second-order valence-electron chi connectivity index (χ2n) is 2.56. The first-order valence-corrected chi connectivity index (χ1v) is 4.71. The van der Waals surface area contributed by atoms with E-state index in [1.165, 1.54) is 0 Å². The molecule has 0 radical (unpaired) electrons. The molecule has 0 heterocycles. The lowest BCUT2D eigenvalue weighted by Crippen LogP contribution is -2.31. The summed E-state index contributed by atoms with van der Waals surface area (Å²) >= 11 is 0. The molecule has 0 aromatic heterocycles. The van der Waals surface area contributed by atoms with Gasteiger partial charge in [-0.2, -0.15) is 0 Å². The minimum absolute atomic E-state index is 0. The van der Waals surface area contributed by atoms with Gasteiger partial charge in [0.25, 0.3) is 0 Å². The van der Waals surface area contributed by atoms with Crippen molar-refractivity contribution in [2.45, 2.75) is 33.6 Å². The molecule has 0 fully saturated rings. The number of aliphatic hydroxyl groups excluding tert-OH is 1. The van der Waals surface area contributed by atoms with Crippen molar-refractivity contribution in [3.8, 4) is 0 Å². The quantitative estimate of drug-likeness (QED) is 0.574. The Bertz CT molecular complexity index is 224. The van der Waals surface area contributed by atoms with Gasteiger partial charge in [-0.15, -0.1) is 0 Å². The second kappa shape index (κ2) is 12.0. The molecule has 0 aromatic rings. The van der Waals surface area contributed by atoms with Crippen molar-refractivity contribution in [3.63, 3.8) is 0 Å². The van der Waals surface area contributed by atoms with E-state index >= 15 is 0 Å². The number of halogens is 1. The third kappa shape index (κ3) is 8.26. The molecule has 0 atom stereocenters. The number of aliphatic carboxylic acids is 2. The summed E-state index contributed by atoms with van der Waals surface area (Å²) in [5.74, 6) is -2.86. The maximum atomic E-state index is 10.4. The van der Waals surface area contributed by atoms with Gasteiger partial charge in [-0.3, -0.25) is 0 Å². The Balaban J connectivity index is -0.000000377. The van der Waals surface area contributed by atoms with E-state index in [-0.39, 0.29) is 43.0 Å². The minimum atomic E-state index is -1.43. The highest BCUT2D eigenvalue weighted by Crippen LogP contribution is 2.10. The Morgan fingerprint density at radius 3 is 1.19 bits per heavy atom. The average molecular weight is 255 g/mol. The van der Waals surface area contributed by atoms with Gasteiger partial charge >= 0.3 is 0 Å². The summed E-state index contributed by atoms with van der Waals surface area (Å²) in [6.45, 7) is 5.05. The summed E-state index contributed by atoms with van der Waals surface area (Å²) in [5.41, 5.74) is -0.366. The van der Waals surface area contributed by atoms with E-state index in [2.05, 4.69) is 0 Å². The Morgan fingerprint density at radius 1 is 0.938 bits per heavy atom. The predicted octanol–water partition coefficient (Wildman–Crippen LogP) is -2.20. The molecular weight excluding hydrogens is 236 g/mol. The summed E-state index contributed by atoms with van der Waals surface area (Å²) in [6.07, 6.45) is 0.277. The van der Waals surface area contributed by atoms with Crippen molar-refractivity contribution in [1.29, 1.82) is 0 Å². The molecule has 0 aliphatic carbocycles. The maximum absolute atomic E-state index is 10.4. The number of rotatable bonds is 4. The van der Waals surface area contributed by atoms with Crippen LogP contribution in [0, 0.1) is 12.4 Å². The maximum Gasteiger partial charge on any atom is 0.0678 e. The van der Waals surface area contributed by atoms with Crippen LogP contribution in [0.2, 0.25) is 0 Å². The number of aliphatic hydroxyl groups is 1. The fourth-order valence-corrected chi connectivity index (χ4v) is 0.962. The Morgan fingerprint density at radius 2 is 1.12 bits per heavy atom. The standard InChI is InChI=1S/C8H12O4.C2H6O.ClH3/c1-3-5(7(9)10)6(4-2)8(11)12;1-2-3;/h3-4H2,1-2H3,(H,9,10)(H,11,12);3H,2H2,1H3;1H3/q;;+2/p-2. The average Bonchev–Trinajstić information content (AvgIpc) is 2.13. The van der Waals surface area contributed by atoms with E-state index < -0.39 is 11.9 Å². The van der Waals surface area contributed by atoms with Crippen molar-refractivity contribution in [3.05, 3.63) is 11.1 Å². The fraction of sp³-hybridized carbons (Fsp3) is 0.600. The fourth-order valence-electron chi connectivity index (χ4n) is 0.962. The second-order valence-corrected chi connectivity index (χ2v) is 2.56. The van der Waals surface area contributed by atoms with Gasteiger partial charge in [0, 0.05) is 6.61 Å². The van der Waals surface area contributed by atoms with Crippen molar-refractivity contribution >= 4 is 11.9 Å². The van der Waals surface area contributed by atoms with E-state index in [1.54, 1.807) is 20.8 Å². The van der Waals surface area contributed by atoms with E-state index in [0.717, 1.165) is 0 Å². The van der Waals surface area contributed by atoms with Gasteiger partial charge in [-0.25, -0.2) is 0 Å². The van der Waals surface area contributed by atoms with Crippen LogP contribution in [0.15, 0.2) is 11.1 Å². The molecule has 0 bridgehead atoms.